The van der Waals surface area contributed by atoms with Crippen LogP contribution in [-0.2, 0) is 6.42 Å². The lowest BCUT2D eigenvalue weighted by atomic mass is 10.0. The molecule has 0 radical (unpaired) electrons. The number of hydrogen-bond donors (Lipinski definition) is 1. The Bertz CT molecular complexity index is 1090. The highest BCUT2D eigenvalue weighted by atomic mass is 16.2. The van der Waals surface area contributed by atoms with E-state index < -0.39 is 0 Å². The Labute approximate surface area is 175 Å². The predicted molar refractivity (Wildman–Crippen MR) is 114 cm³/mol. The lowest BCUT2D eigenvalue weighted by Crippen LogP contribution is -2.31. The molecule has 0 spiro atoms. The van der Waals surface area contributed by atoms with Crippen molar-refractivity contribution in [1.29, 1.82) is 0 Å². The van der Waals surface area contributed by atoms with E-state index in [1.165, 1.54) is 11.0 Å². The normalized spacial score (nSPS) is 13.8. The lowest BCUT2D eigenvalue weighted by Gasteiger charge is -2.14. The van der Waals surface area contributed by atoms with Gasteiger partial charge >= 0.3 is 0 Å². The molecule has 1 unspecified atom stereocenters. The molecule has 0 saturated heterocycles. The number of carbonyl (C=O) groups excluding carboxylic acids is 3. The van der Waals surface area contributed by atoms with Gasteiger partial charge in [0.2, 0.25) is 0 Å². The van der Waals surface area contributed by atoms with Crippen molar-refractivity contribution in [2.24, 2.45) is 0 Å². The fourth-order valence-corrected chi connectivity index (χ4v) is 3.63. The molecule has 0 fully saturated rings. The summed E-state index contributed by atoms with van der Waals surface area (Å²) in [6.07, 6.45) is 0.592. The summed E-state index contributed by atoms with van der Waals surface area (Å²) in [6.45, 7) is 2.21. The summed E-state index contributed by atoms with van der Waals surface area (Å²) >= 11 is 0. The minimum atomic E-state index is -0.350. The Hall–Kier alpha value is -3.73. The maximum atomic E-state index is 12.8. The number of benzene rings is 3. The standard InChI is InChI=1S/C25H22N2O3/c1-17(19-10-6-3-7-11-19)26-23(28)20-12-13-21-22(16-20)25(30)27(24(21)29)15-14-18-8-4-2-5-9-18/h2-13,16-17H,14-15H2,1H3,(H,26,28). The molecule has 3 aromatic rings. The SMILES string of the molecule is CC(NC(=O)c1ccc2c(c1)C(=O)N(CCc1ccccc1)C2=O)c1ccccc1. The molecule has 0 bridgehead atoms. The van der Waals surface area contributed by atoms with Crippen molar-refractivity contribution in [3.63, 3.8) is 0 Å². The van der Waals surface area contributed by atoms with E-state index in [1.807, 2.05) is 67.6 Å². The summed E-state index contributed by atoms with van der Waals surface area (Å²) in [5.74, 6) is -0.940. The number of imide groups is 1. The van der Waals surface area contributed by atoms with E-state index in [0.717, 1.165) is 11.1 Å². The smallest absolute Gasteiger partial charge is 0.261 e. The summed E-state index contributed by atoms with van der Waals surface area (Å²) in [4.78, 5) is 39.4. The largest absolute Gasteiger partial charge is 0.346 e. The second-order valence-corrected chi connectivity index (χ2v) is 7.36. The molecule has 3 amide bonds. The first-order chi connectivity index (χ1) is 14.5. The van der Waals surface area contributed by atoms with Crippen LogP contribution >= 0.6 is 0 Å². The maximum absolute atomic E-state index is 12.8. The Balaban J connectivity index is 1.48. The number of nitrogens with one attached hydrogen (secondary N) is 1. The van der Waals surface area contributed by atoms with Gasteiger partial charge in [0.05, 0.1) is 17.2 Å². The van der Waals surface area contributed by atoms with Gasteiger partial charge in [0.25, 0.3) is 17.7 Å². The van der Waals surface area contributed by atoms with Crippen molar-refractivity contribution in [2.45, 2.75) is 19.4 Å². The number of rotatable bonds is 6. The van der Waals surface area contributed by atoms with Crippen LogP contribution in [0.5, 0.6) is 0 Å². The second-order valence-electron chi connectivity index (χ2n) is 7.36. The first kappa shape index (κ1) is 19.6. The number of hydrogen-bond acceptors (Lipinski definition) is 3. The van der Waals surface area contributed by atoms with Gasteiger partial charge in [-0.25, -0.2) is 0 Å². The first-order valence-corrected chi connectivity index (χ1v) is 9.94. The number of nitrogens with zero attached hydrogens (tertiary/aromatic N) is 1. The van der Waals surface area contributed by atoms with Gasteiger partial charge in [-0.05, 0) is 42.7 Å². The Morgan fingerprint density at radius 1 is 0.867 bits per heavy atom. The van der Waals surface area contributed by atoms with Gasteiger partial charge in [0.1, 0.15) is 0 Å². The number of fused-ring (bicyclic) bond motifs is 1. The Morgan fingerprint density at radius 2 is 1.50 bits per heavy atom. The summed E-state index contributed by atoms with van der Waals surface area (Å²) in [6, 6.07) is 23.9. The van der Waals surface area contributed by atoms with E-state index in [-0.39, 0.29) is 29.3 Å². The molecule has 1 aliphatic heterocycles. The van der Waals surface area contributed by atoms with Crippen LogP contribution in [0.1, 0.15) is 55.2 Å². The molecule has 150 valence electrons. The van der Waals surface area contributed by atoms with Crippen molar-refractivity contribution >= 4 is 17.7 Å². The highest BCUT2D eigenvalue weighted by Gasteiger charge is 2.35. The molecule has 30 heavy (non-hydrogen) atoms. The van der Waals surface area contributed by atoms with Gasteiger partial charge < -0.3 is 5.32 Å². The monoisotopic (exact) mass is 398 g/mol. The molecule has 0 saturated carbocycles. The highest BCUT2D eigenvalue weighted by Crippen LogP contribution is 2.25. The Morgan fingerprint density at radius 3 is 2.20 bits per heavy atom. The van der Waals surface area contributed by atoms with E-state index in [0.29, 0.717) is 24.1 Å². The molecule has 1 N–H and O–H groups in total. The van der Waals surface area contributed by atoms with E-state index >= 15 is 0 Å². The lowest BCUT2D eigenvalue weighted by molar-refractivity contribution is 0.0656. The number of carbonyl (C=O) groups is 3. The molecule has 3 aromatic carbocycles. The maximum Gasteiger partial charge on any atom is 0.261 e. The van der Waals surface area contributed by atoms with Crippen LogP contribution < -0.4 is 5.32 Å². The number of amides is 3. The molecule has 5 heteroatoms. The molecule has 1 atom stereocenters. The molecule has 0 aliphatic carbocycles. The van der Waals surface area contributed by atoms with Gasteiger partial charge in [-0.2, -0.15) is 0 Å². The van der Waals surface area contributed by atoms with Gasteiger partial charge in [-0.3, -0.25) is 19.3 Å². The molecule has 4 rings (SSSR count). The van der Waals surface area contributed by atoms with Crippen LogP contribution in [0.15, 0.2) is 78.9 Å². The van der Waals surface area contributed by atoms with Gasteiger partial charge in [0.15, 0.2) is 0 Å². The second kappa shape index (κ2) is 8.33. The molecule has 1 heterocycles. The van der Waals surface area contributed by atoms with Crippen LogP contribution in [0.3, 0.4) is 0 Å². The summed E-state index contributed by atoms with van der Waals surface area (Å²) < 4.78 is 0. The van der Waals surface area contributed by atoms with Gasteiger partial charge in [0, 0.05) is 12.1 Å². The zero-order valence-corrected chi connectivity index (χ0v) is 16.7. The van der Waals surface area contributed by atoms with Crippen molar-refractivity contribution in [1.82, 2.24) is 10.2 Å². The fraction of sp³-hybridized carbons (Fsp3) is 0.160. The summed E-state index contributed by atoms with van der Waals surface area (Å²) in [5, 5.41) is 2.94. The highest BCUT2D eigenvalue weighted by molar-refractivity contribution is 6.22. The van der Waals surface area contributed by atoms with Crippen LogP contribution in [-0.4, -0.2) is 29.2 Å². The third-order valence-corrected chi connectivity index (χ3v) is 5.35. The zero-order valence-electron chi connectivity index (χ0n) is 16.7. The van der Waals surface area contributed by atoms with E-state index in [4.69, 9.17) is 0 Å². The van der Waals surface area contributed by atoms with Crippen molar-refractivity contribution in [3.8, 4) is 0 Å². The topological polar surface area (TPSA) is 66.5 Å². The van der Waals surface area contributed by atoms with Crippen LogP contribution in [0, 0.1) is 0 Å². The molecule has 0 aromatic heterocycles. The zero-order chi connectivity index (χ0) is 21.1. The van der Waals surface area contributed by atoms with Crippen LogP contribution in [0.2, 0.25) is 0 Å². The average Bonchev–Trinajstić information content (AvgIpc) is 3.02. The quantitative estimate of drug-likeness (QED) is 0.638. The van der Waals surface area contributed by atoms with E-state index in [2.05, 4.69) is 5.32 Å². The van der Waals surface area contributed by atoms with Crippen molar-refractivity contribution < 1.29 is 14.4 Å². The van der Waals surface area contributed by atoms with Crippen molar-refractivity contribution in [2.75, 3.05) is 6.54 Å². The summed E-state index contributed by atoms with van der Waals surface area (Å²) in [7, 11) is 0. The van der Waals surface area contributed by atoms with Crippen molar-refractivity contribution in [3.05, 3.63) is 107 Å². The third kappa shape index (κ3) is 3.87. The van der Waals surface area contributed by atoms with Crippen LogP contribution in [0.4, 0.5) is 0 Å². The molecular formula is C25H22N2O3. The predicted octanol–water partition coefficient (Wildman–Crippen LogP) is 4.02. The first-order valence-electron chi connectivity index (χ1n) is 9.94. The minimum absolute atomic E-state index is 0.174. The summed E-state index contributed by atoms with van der Waals surface area (Å²) in [5.41, 5.74) is 3.05. The molecular weight excluding hydrogens is 376 g/mol. The third-order valence-electron chi connectivity index (χ3n) is 5.35. The molecule has 1 aliphatic rings. The van der Waals surface area contributed by atoms with Crippen LogP contribution in [0.25, 0.3) is 0 Å². The minimum Gasteiger partial charge on any atom is -0.346 e. The average molecular weight is 398 g/mol. The van der Waals surface area contributed by atoms with Gasteiger partial charge in [-0.1, -0.05) is 60.7 Å². The fourth-order valence-electron chi connectivity index (χ4n) is 3.63. The van der Waals surface area contributed by atoms with E-state index in [1.54, 1.807) is 12.1 Å². The van der Waals surface area contributed by atoms with E-state index in [9.17, 15) is 14.4 Å². The molecule has 5 nitrogen and oxygen atoms in total. The van der Waals surface area contributed by atoms with Gasteiger partial charge in [-0.15, -0.1) is 0 Å². The Kier molecular flexibility index (Phi) is 5.44.